The van der Waals surface area contributed by atoms with Crippen molar-refractivity contribution >= 4 is 12.4 Å². The minimum Gasteiger partial charge on any atom is -0.206 e. The highest BCUT2D eigenvalue weighted by Crippen LogP contribution is 2.24. The molecule has 0 saturated carbocycles. The molecule has 0 fully saturated rings. The second kappa shape index (κ2) is 8.34. The van der Waals surface area contributed by atoms with Gasteiger partial charge in [0.1, 0.15) is 5.82 Å². The topological polar surface area (TPSA) is 24.7 Å². The molecule has 0 N–H and O–H groups in total. The van der Waals surface area contributed by atoms with Crippen LogP contribution in [0.3, 0.4) is 0 Å². The van der Waals surface area contributed by atoms with Crippen LogP contribution < -0.4 is 0 Å². The van der Waals surface area contributed by atoms with Crippen LogP contribution in [-0.2, 0) is 6.42 Å². The van der Waals surface area contributed by atoms with Gasteiger partial charge < -0.3 is 0 Å². The van der Waals surface area contributed by atoms with Crippen molar-refractivity contribution in [2.45, 2.75) is 20.3 Å². The van der Waals surface area contributed by atoms with Gasteiger partial charge in [-0.2, -0.15) is 10.2 Å². The summed E-state index contributed by atoms with van der Waals surface area (Å²) in [5, 5.41) is 8.02. The van der Waals surface area contributed by atoms with Crippen LogP contribution in [-0.4, -0.2) is 12.4 Å². The third kappa shape index (κ3) is 4.51. The third-order valence-electron chi connectivity index (χ3n) is 4.22. The van der Waals surface area contributed by atoms with E-state index in [0.29, 0.717) is 11.1 Å². The molecule has 0 aliphatic carbocycles. The van der Waals surface area contributed by atoms with Crippen LogP contribution in [0.5, 0.6) is 0 Å². The number of hydrogen-bond acceptors (Lipinski definition) is 2. The normalized spacial score (nSPS) is 11.5. The molecule has 0 amide bonds. The Bertz CT molecular complexity index is 923. The lowest BCUT2D eigenvalue weighted by atomic mass is 10.0. The quantitative estimate of drug-likeness (QED) is 0.412. The van der Waals surface area contributed by atoms with Crippen molar-refractivity contribution in [2.75, 3.05) is 0 Å². The summed E-state index contributed by atoms with van der Waals surface area (Å²) < 4.78 is 14.4. The second-order valence-corrected chi connectivity index (χ2v) is 6.19. The molecule has 3 aromatic carbocycles. The highest BCUT2D eigenvalue weighted by atomic mass is 19.1. The van der Waals surface area contributed by atoms with Gasteiger partial charge in [0.05, 0.1) is 12.4 Å². The average molecular weight is 344 g/mol. The molecule has 130 valence electrons. The number of nitrogens with zero attached hydrogens (tertiary/aromatic N) is 2. The first-order valence-corrected chi connectivity index (χ1v) is 8.67. The SMILES string of the molecule is CCc1ccc(-c2ccc(C=NN=Cc3ccc(C)cc3)cc2F)cc1. The van der Waals surface area contributed by atoms with Gasteiger partial charge in [-0.05, 0) is 41.7 Å². The molecule has 2 nitrogen and oxygen atoms in total. The van der Waals surface area contributed by atoms with Gasteiger partial charge in [0.2, 0.25) is 0 Å². The van der Waals surface area contributed by atoms with Gasteiger partial charge >= 0.3 is 0 Å². The molecule has 3 aromatic rings. The lowest BCUT2D eigenvalue weighted by Gasteiger charge is -2.05. The number of halogens is 1. The maximum Gasteiger partial charge on any atom is 0.131 e. The Balaban J connectivity index is 1.71. The van der Waals surface area contributed by atoms with Gasteiger partial charge in [0.25, 0.3) is 0 Å². The van der Waals surface area contributed by atoms with E-state index in [4.69, 9.17) is 0 Å². The van der Waals surface area contributed by atoms with Crippen molar-refractivity contribution in [1.82, 2.24) is 0 Å². The van der Waals surface area contributed by atoms with E-state index in [1.807, 2.05) is 61.5 Å². The summed E-state index contributed by atoms with van der Waals surface area (Å²) in [6, 6.07) is 21.1. The highest BCUT2D eigenvalue weighted by molar-refractivity contribution is 5.83. The van der Waals surface area contributed by atoms with E-state index in [-0.39, 0.29) is 5.82 Å². The van der Waals surface area contributed by atoms with Crippen LogP contribution in [0.1, 0.15) is 29.2 Å². The highest BCUT2D eigenvalue weighted by Gasteiger charge is 2.05. The summed E-state index contributed by atoms with van der Waals surface area (Å²) >= 11 is 0. The van der Waals surface area contributed by atoms with E-state index in [9.17, 15) is 4.39 Å². The summed E-state index contributed by atoms with van der Waals surface area (Å²) in [5.41, 5.74) is 5.56. The predicted molar refractivity (Wildman–Crippen MR) is 108 cm³/mol. The summed E-state index contributed by atoms with van der Waals surface area (Å²) in [6.45, 7) is 4.14. The number of hydrogen-bond donors (Lipinski definition) is 0. The number of benzene rings is 3. The van der Waals surface area contributed by atoms with E-state index < -0.39 is 0 Å². The maximum absolute atomic E-state index is 14.4. The molecule has 0 radical (unpaired) electrons. The van der Waals surface area contributed by atoms with Crippen LogP contribution >= 0.6 is 0 Å². The van der Waals surface area contributed by atoms with Gasteiger partial charge in [-0.15, -0.1) is 0 Å². The Kier molecular flexibility index (Phi) is 5.69. The zero-order chi connectivity index (χ0) is 18.4. The van der Waals surface area contributed by atoms with Crippen molar-refractivity contribution < 1.29 is 4.39 Å². The molecule has 0 aliphatic heterocycles. The molecular weight excluding hydrogens is 323 g/mol. The molecule has 0 atom stereocenters. The van der Waals surface area contributed by atoms with Crippen molar-refractivity contribution in [3.05, 3.63) is 94.8 Å². The molecule has 0 spiro atoms. The lowest BCUT2D eigenvalue weighted by Crippen LogP contribution is -1.89. The summed E-state index contributed by atoms with van der Waals surface area (Å²) in [5.74, 6) is -0.263. The zero-order valence-corrected chi connectivity index (χ0v) is 15.0. The summed E-state index contributed by atoms with van der Waals surface area (Å²) in [4.78, 5) is 0. The third-order valence-corrected chi connectivity index (χ3v) is 4.22. The zero-order valence-electron chi connectivity index (χ0n) is 15.0. The van der Waals surface area contributed by atoms with E-state index in [2.05, 4.69) is 17.1 Å². The first-order chi connectivity index (χ1) is 12.7. The van der Waals surface area contributed by atoms with Gasteiger partial charge in [0.15, 0.2) is 0 Å². The maximum atomic E-state index is 14.4. The fraction of sp³-hybridized carbons (Fsp3) is 0.130. The molecule has 0 saturated heterocycles. The molecular formula is C23H21FN2. The second-order valence-electron chi connectivity index (χ2n) is 6.19. The van der Waals surface area contributed by atoms with Gasteiger partial charge in [0, 0.05) is 5.56 Å². The molecule has 26 heavy (non-hydrogen) atoms. The molecule has 0 aliphatic rings. The first-order valence-electron chi connectivity index (χ1n) is 8.67. The summed E-state index contributed by atoms with van der Waals surface area (Å²) in [6.07, 6.45) is 4.20. The van der Waals surface area contributed by atoms with Crippen LogP contribution in [0.2, 0.25) is 0 Å². The first kappa shape index (κ1) is 17.7. The standard InChI is InChI=1S/C23H21FN2/c1-3-18-8-11-21(12-9-18)22-13-10-20(14-23(22)24)16-26-25-15-19-6-4-17(2)5-7-19/h4-16H,3H2,1-2H3. The average Bonchev–Trinajstić information content (AvgIpc) is 2.67. The van der Waals surface area contributed by atoms with Crippen molar-refractivity contribution in [3.63, 3.8) is 0 Å². The lowest BCUT2D eigenvalue weighted by molar-refractivity contribution is 0.631. The molecule has 0 unspecified atom stereocenters. The molecule has 0 bridgehead atoms. The van der Waals surface area contributed by atoms with Crippen LogP contribution in [0.4, 0.5) is 4.39 Å². The summed E-state index contributed by atoms with van der Waals surface area (Å²) in [7, 11) is 0. The van der Waals surface area contributed by atoms with E-state index in [1.54, 1.807) is 18.5 Å². The van der Waals surface area contributed by atoms with E-state index in [1.165, 1.54) is 17.2 Å². The fourth-order valence-corrected chi connectivity index (χ4v) is 2.62. The van der Waals surface area contributed by atoms with E-state index >= 15 is 0 Å². The van der Waals surface area contributed by atoms with Crippen molar-refractivity contribution in [1.29, 1.82) is 0 Å². The monoisotopic (exact) mass is 344 g/mol. The minimum absolute atomic E-state index is 0.263. The molecule has 0 heterocycles. The van der Waals surface area contributed by atoms with Gasteiger partial charge in [-0.25, -0.2) is 4.39 Å². The van der Waals surface area contributed by atoms with Crippen LogP contribution in [0.15, 0.2) is 76.9 Å². The Morgan fingerprint density at radius 2 is 1.42 bits per heavy atom. The predicted octanol–water partition coefficient (Wildman–Crippen LogP) is 5.82. The van der Waals surface area contributed by atoms with Crippen LogP contribution in [0, 0.1) is 12.7 Å². The molecule has 0 aromatic heterocycles. The van der Waals surface area contributed by atoms with Crippen LogP contribution in [0.25, 0.3) is 11.1 Å². The van der Waals surface area contributed by atoms with Crippen molar-refractivity contribution in [3.8, 4) is 11.1 Å². The Labute approximate surface area is 153 Å². The minimum atomic E-state index is -0.263. The number of aryl methyl sites for hydroxylation is 2. The largest absolute Gasteiger partial charge is 0.206 e. The van der Waals surface area contributed by atoms with Crippen molar-refractivity contribution in [2.24, 2.45) is 10.2 Å². The number of rotatable bonds is 5. The Morgan fingerprint density at radius 1 is 0.808 bits per heavy atom. The van der Waals surface area contributed by atoms with Gasteiger partial charge in [-0.3, -0.25) is 0 Å². The Hall–Kier alpha value is -3.07. The smallest absolute Gasteiger partial charge is 0.131 e. The van der Waals surface area contributed by atoms with Gasteiger partial charge in [-0.1, -0.05) is 73.2 Å². The molecule has 3 rings (SSSR count). The Morgan fingerprint density at radius 3 is 2.04 bits per heavy atom. The molecule has 3 heteroatoms. The van der Waals surface area contributed by atoms with E-state index in [0.717, 1.165) is 17.5 Å². The fourth-order valence-electron chi connectivity index (χ4n) is 2.62.